The third-order valence-electron chi connectivity index (χ3n) is 1.67. The van der Waals surface area contributed by atoms with Gasteiger partial charge in [-0.15, -0.1) is 0 Å². The second kappa shape index (κ2) is 5.18. The van der Waals surface area contributed by atoms with Crippen LogP contribution >= 0.6 is 27.5 Å². The van der Waals surface area contributed by atoms with Crippen molar-refractivity contribution in [3.63, 3.8) is 0 Å². The second-order valence-corrected chi connectivity index (χ2v) is 6.15. The summed E-state index contributed by atoms with van der Waals surface area (Å²) in [6.07, 6.45) is 0.587. The van der Waals surface area contributed by atoms with Crippen molar-refractivity contribution < 1.29 is 8.42 Å². The van der Waals surface area contributed by atoms with E-state index in [9.17, 15) is 8.42 Å². The van der Waals surface area contributed by atoms with E-state index in [1.807, 2.05) is 6.92 Å². The number of sulfonamides is 1. The predicted molar refractivity (Wildman–Crippen MR) is 66.9 cm³/mol. The monoisotopic (exact) mass is 311 g/mol. The van der Waals surface area contributed by atoms with Crippen LogP contribution in [0.2, 0.25) is 5.02 Å². The zero-order chi connectivity index (χ0) is 11.5. The molecule has 0 fully saturated rings. The van der Waals surface area contributed by atoms with Gasteiger partial charge in [0.05, 0.1) is 10.8 Å². The number of anilines is 1. The van der Waals surface area contributed by atoms with Crippen molar-refractivity contribution in [3.05, 3.63) is 27.7 Å². The van der Waals surface area contributed by atoms with Crippen molar-refractivity contribution >= 4 is 43.2 Å². The average Bonchev–Trinajstić information content (AvgIpc) is 2.10. The van der Waals surface area contributed by atoms with Crippen molar-refractivity contribution in [3.8, 4) is 0 Å². The Kier molecular flexibility index (Phi) is 4.43. The van der Waals surface area contributed by atoms with Crippen LogP contribution in [0.25, 0.3) is 0 Å². The lowest BCUT2D eigenvalue weighted by Crippen LogP contribution is -2.15. The molecule has 0 aliphatic rings. The first kappa shape index (κ1) is 12.8. The van der Waals surface area contributed by atoms with E-state index in [0.717, 1.165) is 0 Å². The van der Waals surface area contributed by atoms with Crippen molar-refractivity contribution in [1.82, 2.24) is 0 Å². The van der Waals surface area contributed by atoms with Gasteiger partial charge in [-0.25, -0.2) is 8.42 Å². The van der Waals surface area contributed by atoms with Gasteiger partial charge in [0, 0.05) is 10.2 Å². The molecule has 0 atom stereocenters. The molecule has 0 aromatic heterocycles. The molecule has 0 aliphatic heterocycles. The number of benzene rings is 1. The SMILES string of the molecule is CCCS(=O)(=O)Nc1ccc(Cl)c(Br)c1. The normalized spacial score (nSPS) is 11.4. The van der Waals surface area contributed by atoms with Crippen LogP contribution in [0.5, 0.6) is 0 Å². The zero-order valence-electron chi connectivity index (χ0n) is 8.13. The van der Waals surface area contributed by atoms with E-state index >= 15 is 0 Å². The number of nitrogens with one attached hydrogen (secondary N) is 1. The summed E-state index contributed by atoms with van der Waals surface area (Å²) in [6.45, 7) is 1.82. The maximum atomic E-state index is 11.4. The highest BCUT2D eigenvalue weighted by molar-refractivity contribution is 9.10. The molecular formula is C9H11BrClNO2S. The lowest BCUT2D eigenvalue weighted by molar-refractivity contribution is 0.600. The van der Waals surface area contributed by atoms with Crippen molar-refractivity contribution in [1.29, 1.82) is 0 Å². The van der Waals surface area contributed by atoms with Crippen LogP contribution < -0.4 is 4.72 Å². The van der Waals surface area contributed by atoms with Crippen LogP contribution in [0.1, 0.15) is 13.3 Å². The van der Waals surface area contributed by atoms with Crippen LogP contribution in [0.15, 0.2) is 22.7 Å². The molecular weight excluding hydrogens is 302 g/mol. The molecule has 0 unspecified atom stereocenters. The standard InChI is InChI=1S/C9H11BrClNO2S/c1-2-5-15(13,14)12-7-3-4-9(11)8(10)6-7/h3-4,6,12H,2,5H2,1H3. The Bertz CT molecular complexity index is 447. The third-order valence-corrected chi connectivity index (χ3v) is 4.37. The van der Waals surface area contributed by atoms with Gasteiger partial charge in [0.25, 0.3) is 0 Å². The molecule has 1 rings (SSSR count). The molecule has 0 heterocycles. The van der Waals surface area contributed by atoms with Crippen molar-refractivity contribution in [2.24, 2.45) is 0 Å². The third kappa shape index (κ3) is 4.01. The highest BCUT2D eigenvalue weighted by atomic mass is 79.9. The van der Waals surface area contributed by atoms with E-state index in [4.69, 9.17) is 11.6 Å². The lowest BCUT2D eigenvalue weighted by atomic mass is 10.3. The molecule has 3 nitrogen and oxygen atoms in total. The molecule has 0 amide bonds. The van der Waals surface area contributed by atoms with Crippen LogP contribution in [0.4, 0.5) is 5.69 Å². The molecule has 0 spiro atoms. The Hall–Kier alpha value is -0.260. The Morgan fingerprint density at radius 1 is 1.47 bits per heavy atom. The fourth-order valence-electron chi connectivity index (χ4n) is 1.06. The summed E-state index contributed by atoms with van der Waals surface area (Å²) < 4.78 is 26.0. The maximum absolute atomic E-state index is 11.4. The van der Waals surface area contributed by atoms with E-state index in [-0.39, 0.29) is 5.75 Å². The summed E-state index contributed by atoms with van der Waals surface area (Å²) in [7, 11) is -3.23. The Labute approximate surface area is 103 Å². The molecule has 0 aliphatic carbocycles. The quantitative estimate of drug-likeness (QED) is 0.927. The molecule has 84 valence electrons. The van der Waals surface area contributed by atoms with E-state index in [0.29, 0.717) is 21.6 Å². The van der Waals surface area contributed by atoms with Crippen LogP contribution in [-0.4, -0.2) is 14.2 Å². The first-order chi connectivity index (χ1) is 6.94. The molecule has 0 saturated heterocycles. The highest BCUT2D eigenvalue weighted by Crippen LogP contribution is 2.26. The zero-order valence-corrected chi connectivity index (χ0v) is 11.3. The Balaban J connectivity index is 2.86. The highest BCUT2D eigenvalue weighted by Gasteiger charge is 2.09. The van der Waals surface area contributed by atoms with Crippen LogP contribution in [-0.2, 0) is 10.0 Å². The molecule has 1 aromatic carbocycles. The summed E-state index contributed by atoms with van der Waals surface area (Å²) >= 11 is 9.01. The number of hydrogen-bond acceptors (Lipinski definition) is 2. The smallest absolute Gasteiger partial charge is 0.232 e. The summed E-state index contributed by atoms with van der Waals surface area (Å²) in [5, 5.41) is 0.549. The average molecular weight is 313 g/mol. The summed E-state index contributed by atoms with van der Waals surface area (Å²) in [5.74, 6) is 0.118. The first-order valence-corrected chi connectivity index (χ1v) is 7.22. The molecule has 6 heteroatoms. The van der Waals surface area contributed by atoms with E-state index in [1.165, 1.54) is 0 Å². The van der Waals surface area contributed by atoms with Gasteiger partial charge in [-0.2, -0.15) is 0 Å². The minimum atomic E-state index is -3.23. The topological polar surface area (TPSA) is 46.2 Å². The largest absolute Gasteiger partial charge is 0.284 e. The fourth-order valence-corrected chi connectivity index (χ4v) is 2.68. The maximum Gasteiger partial charge on any atom is 0.232 e. The van der Waals surface area contributed by atoms with E-state index < -0.39 is 10.0 Å². The Morgan fingerprint density at radius 3 is 2.67 bits per heavy atom. The molecule has 0 saturated carbocycles. The number of halogens is 2. The van der Waals surface area contributed by atoms with Crippen LogP contribution in [0, 0.1) is 0 Å². The molecule has 0 radical (unpaired) electrons. The molecule has 1 aromatic rings. The Morgan fingerprint density at radius 2 is 2.13 bits per heavy atom. The van der Waals surface area contributed by atoms with Crippen molar-refractivity contribution in [2.45, 2.75) is 13.3 Å². The minimum Gasteiger partial charge on any atom is -0.284 e. The number of hydrogen-bond donors (Lipinski definition) is 1. The molecule has 1 N–H and O–H groups in total. The summed E-state index contributed by atoms with van der Waals surface area (Å²) in [4.78, 5) is 0. The van der Waals surface area contributed by atoms with Crippen LogP contribution in [0.3, 0.4) is 0 Å². The number of rotatable bonds is 4. The van der Waals surface area contributed by atoms with Gasteiger partial charge in [0.1, 0.15) is 0 Å². The first-order valence-electron chi connectivity index (χ1n) is 4.40. The molecule has 0 bridgehead atoms. The van der Waals surface area contributed by atoms with Crippen molar-refractivity contribution in [2.75, 3.05) is 10.5 Å². The molecule has 15 heavy (non-hydrogen) atoms. The summed E-state index contributed by atoms with van der Waals surface area (Å²) in [5.41, 5.74) is 0.514. The van der Waals surface area contributed by atoms with Gasteiger partial charge in [-0.05, 0) is 40.5 Å². The van der Waals surface area contributed by atoms with Gasteiger partial charge in [0.2, 0.25) is 10.0 Å². The van der Waals surface area contributed by atoms with Gasteiger partial charge >= 0.3 is 0 Å². The van der Waals surface area contributed by atoms with Gasteiger partial charge in [-0.1, -0.05) is 18.5 Å². The fraction of sp³-hybridized carbons (Fsp3) is 0.333. The van der Waals surface area contributed by atoms with Gasteiger partial charge in [-0.3, -0.25) is 4.72 Å². The predicted octanol–water partition coefficient (Wildman–Crippen LogP) is 3.25. The van der Waals surface area contributed by atoms with Gasteiger partial charge < -0.3 is 0 Å². The minimum absolute atomic E-state index is 0.118. The van der Waals surface area contributed by atoms with Gasteiger partial charge in [0.15, 0.2) is 0 Å². The summed E-state index contributed by atoms with van der Waals surface area (Å²) in [6, 6.07) is 4.89. The second-order valence-electron chi connectivity index (χ2n) is 3.05. The lowest BCUT2D eigenvalue weighted by Gasteiger charge is -2.07. The van der Waals surface area contributed by atoms with E-state index in [1.54, 1.807) is 18.2 Å². The van der Waals surface area contributed by atoms with E-state index in [2.05, 4.69) is 20.7 Å².